The molecular weight excluding hydrogens is 269 g/mol. The van der Waals surface area contributed by atoms with E-state index >= 15 is 0 Å². The highest BCUT2D eigenvalue weighted by Gasteiger charge is 2.51. The molecule has 0 saturated carbocycles. The van der Waals surface area contributed by atoms with Gasteiger partial charge in [0.15, 0.2) is 0 Å². The molecule has 0 bridgehead atoms. The summed E-state index contributed by atoms with van der Waals surface area (Å²) in [6.07, 6.45) is 4.29. The standard InChI is InChI=1S/C15H20BNO2S/c1-14(2)15(3,4)19-16(18-14)13-9-12(10-17-11-13)7-5-6-8-20/h9-11,20H,6,8H2,1-4H3. The Morgan fingerprint density at radius 1 is 1.20 bits per heavy atom. The van der Waals surface area contributed by atoms with Crippen molar-refractivity contribution in [2.75, 3.05) is 5.75 Å². The average molecular weight is 289 g/mol. The van der Waals surface area contributed by atoms with Gasteiger partial charge in [0.25, 0.3) is 0 Å². The van der Waals surface area contributed by atoms with Crippen LogP contribution in [0.5, 0.6) is 0 Å². The molecule has 0 aromatic carbocycles. The predicted octanol–water partition coefficient (Wildman–Crippen LogP) is 2.05. The van der Waals surface area contributed by atoms with Crippen LogP contribution in [0.15, 0.2) is 18.5 Å². The van der Waals surface area contributed by atoms with E-state index in [0.29, 0.717) is 0 Å². The topological polar surface area (TPSA) is 31.4 Å². The summed E-state index contributed by atoms with van der Waals surface area (Å²) in [5, 5.41) is 0. The molecule has 1 aromatic rings. The van der Waals surface area contributed by atoms with Gasteiger partial charge >= 0.3 is 7.12 Å². The summed E-state index contributed by atoms with van der Waals surface area (Å²) >= 11 is 4.14. The Morgan fingerprint density at radius 2 is 1.85 bits per heavy atom. The van der Waals surface area contributed by atoms with Crippen molar-refractivity contribution in [2.24, 2.45) is 0 Å². The molecule has 0 amide bonds. The Kier molecular flexibility index (Phi) is 4.48. The first kappa shape index (κ1) is 15.4. The van der Waals surface area contributed by atoms with Crippen molar-refractivity contribution in [3.63, 3.8) is 0 Å². The maximum absolute atomic E-state index is 6.01. The number of thiol groups is 1. The molecule has 2 heterocycles. The number of aromatic nitrogens is 1. The van der Waals surface area contributed by atoms with E-state index in [2.05, 4.69) is 29.5 Å². The second-order valence-corrected chi connectivity index (χ2v) is 6.32. The third kappa shape index (κ3) is 3.20. The first-order chi connectivity index (χ1) is 9.36. The molecule has 20 heavy (non-hydrogen) atoms. The summed E-state index contributed by atoms with van der Waals surface area (Å²) in [7, 11) is -0.390. The SMILES string of the molecule is CC1(C)OB(c2cncc(C#CCCS)c2)OC1(C)C. The van der Waals surface area contributed by atoms with E-state index in [9.17, 15) is 0 Å². The summed E-state index contributed by atoms with van der Waals surface area (Å²) < 4.78 is 12.0. The van der Waals surface area contributed by atoms with Gasteiger partial charge in [-0.25, -0.2) is 0 Å². The molecular formula is C15H20BNO2S. The number of pyridine rings is 1. The maximum Gasteiger partial charge on any atom is 0.496 e. The lowest BCUT2D eigenvalue weighted by Crippen LogP contribution is -2.41. The molecule has 5 heteroatoms. The van der Waals surface area contributed by atoms with Gasteiger partial charge in [0.1, 0.15) is 0 Å². The summed E-state index contributed by atoms with van der Waals surface area (Å²) in [4.78, 5) is 4.22. The highest BCUT2D eigenvalue weighted by atomic mass is 32.1. The fraction of sp³-hybridized carbons (Fsp3) is 0.533. The van der Waals surface area contributed by atoms with Crippen molar-refractivity contribution in [1.82, 2.24) is 4.98 Å². The van der Waals surface area contributed by atoms with Crippen molar-refractivity contribution < 1.29 is 9.31 Å². The first-order valence-corrected chi connectivity index (χ1v) is 7.39. The summed E-state index contributed by atoms with van der Waals surface area (Å²) in [6.45, 7) is 8.15. The largest absolute Gasteiger partial charge is 0.496 e. The van der Waals surface area contributed by atoms with E-state index in [1.807, 2.05) is 33.8 Å². The van der Waals surface area contributed by atoms with Crippen LogP contribution in [0.3, 0.4) is 0 Å². The van der Waals surface area contributed by atoms with Crippen molar-refractivity contribution in [3.8, 4) is 11.8 Å². The quantitative estimate of drug-likeness (QED) is 0.513. The van der Waals surface area contributed by atoms with Crippen LogP contribution in [0.1, 0.15) is 39.7 Å². The van der Waals surface area contributed by atoms with Crippen LogP contribution < -0.4 is 5.46 Å². The Hall–Kier alpha value is -0.955. The van der Waals surface area contributed by atoms with Gasteiger partial charge in [-0.1, -0.05) is 11.8 Å². The highest BCUT2D eigenvalue weighted by molar-refractivity contribution is 7.80. The van der Waals surface area contributed by atoms with Gasteiger partial charge < -0.3 is 9.31 Å². The molecule has 1 aliphatic heterocycles. The van der Waals surface area contributed by atoms with Crippen LogP contribution in [0.2, 0.25) is 0 Å². The molecule has 3 nitrogen and oxygen atoms in total. The number of hydrogen-bond acceptors (Lipinski definition) is 4. The van der Waals surface area contributed by atoms with Crippen LogP contribution in [0.4, 0.5) is 0 Å². The molecule has 2 rings (SSSR count). The summed E-state index contributed by atoms with van der Waals surface area (Å²) in [5.41, 5.74) is 1.09. The Morgan fingerprint density at radius 3 is 2.45 bits per heavy atom. The fourth-order valence-corrected chi connectivity index (χ4v) is 1.97. The number of rotatable bonds is 2. The molecule has 0 spiro atoms. The maximum atomic E-state index is 6.01. The van der Waals surface area contributed by atoms with Gasteiger partial charge in [0, 0.05) is 35.6 Å². The number of nitrogens with zero attached hydrogens (tertiary/aromatic N) is 1. The minimum Gasteiger partial charge on any atom is -0.399 e. The Labute approximate surface area is 127 Å². The molecule has 0 aliphatic carbocycles. The molecule has 0 radical (unpaired) electrons. The van der Waals surface area contributed by atoms with E-state index in [1.165, 1.54) is 0 Å². The van der Waals surface area contributed by atoms with Crippen molar-refractivity contribution in [1.29, 1.82) is 0 Å². The minimum atomic E-state index is -0.390. The van der Waals surface area contributed by atoms with Gasteiger partial charge in [-0.05, 0) is 33.8 Å². The molecule has 106 valence electrons. The average Bonchev–Trinajstić information content (AvgIpc) is 2.59. The highest BCUT2D eigenvalue weighted by Crippen LogP contribution is 2.36. The van der Waals surface area contributed by atoms with Gasteiger partial charge in [-0.15, -0.1) is 0 Å². The summed E-state index contributed by atoms with van der Waals surface area (Å²) in [6, 6.07) is 1.97. The number of hydrogen-bond donors (Lipinski definition) is 1. The van der Waals surface area contributed by atoms with Gasteiger partial charge in [0.05, 0.1) is 11.2 Å². The van der Waals surface area contributed by atoms with Crippen molar-refractivity contribution in [3.05, 3.63) is 24.0 Å². The van der Waals surface area contributed by atoms with Crippen LogP contribution >= 0.6 is 12.6 Å². The lowest BCUT2D eigenvalue weighted by Gasteiger charge is -2.32. The first-order valence-electron chi connectivity index (χ1n) is 6.76. The zero-order valence-corrected chi connectivity index (χ0v) is 13.3. The predicted molar refractivity (Wildman–Crippen MR) is 85.3 cm³/mol. The summed E-state index contributed by atoms with van der Waals surface area (Å²) in [5.74, 6) is 6.89. The molecule has 1 aromatic heterocycles. The molecule has 0 atom stereocenters. The van der Waals surface area contributed by atoms with E-state index in [4.69, 9.17) is 9.31 Å². The van der Waals surface area contributed by atoms with Gasteiger partial charge in [-0.2, -0.15) is 12.6 Å². The third-order valence-corrected chi connectivity index (χ3v) is 3.98. The Balaban J connectivity index is 2.19. The van der Waals surface area contributed by atoms with Crippen LogP contribution in [0.25, 0.3) is 0 Å². The zero-order valence-electron chi connectivity index (χ0n) is 12.4. The van der Waals surface area contributed by atoms with E-state index in [-0.39, 0.29) is 18.3 Å². The Bertz CT molecular complexity index is 532. The van der Waals surface area contributed by atoms with Crippen LogP contribution in [0, 0.1) is 11.8 Å². The second kappa shape index (κ2) is 5.81. The second-order valence-electron chi connectivity index (χ2n) is 5.87. The zero-order chi connectivity index (χ0) is 14.8. The molecule has 1 fully saturated rings. The van der Waals surface area contributed by atoms with Crippen molar-refractivity contribution in [2.45, 2.75) is 45.3 Å². The van der Waals surface area contributed by atoms with Gasteiger partial charge in [0.2, 0.25) is 0 Å². The molecule has 0 N–H and O–H groups in total. The minimum absolute atomic E-state index is 0.342. The van der Waals surface area contributed by atoms with E-state index in [1.54, 1.807) is 12.4 Å². The van der Waals surface area contributed by atoms with E-state index < -0.39 is 0 Å². The molecule has 0 unspecified atom stereocenters. The van der Waals surface area contributed by atoms with Crippen molar-refractivity contribution >= 4 is 25.2 Å². The lowest BCUT2D eigenvalue weighted by atomic mass is 9.80. The van der Waals surface area contributed by atoms with Crippen LogP contribution in [-0.2, 0) is 9.31 Å². The smallest absolute Gasteiger partial charge is 0.399 e. The van der Waals surface area contributed by atoms with Crippen LogP contribution in [-0.4, -0.2) is 29.1 Å². The third-order valence-electron chi connectivity index (χ3n) is 3.75. The monoisotopic (exact) mass is 289 g/mol. The van der Waals surface area contributed by atoms with Gasteiger partial charge in [-0.3, -0.25) is 4.98 Å². The van der Waals surface area contributed by atoms with E-state index in [0.717, 1.165) is 23.2 Å². The fourth-order valence-electron chi connectivity index (χ4n) is 1.85. The lowest BCUT2D eigenvalue weighted by molar-refractivity contribution is 0.00578. The molecule has 1 aliphatic rings. The normalized spacial score (nSPS) is 19.6. The molecule has 1 saturated heterocycles.